The van der Waals surface area contributed by atoms with Crippen molar-refractivity contribution in [1.29, 1.82) is 0 Å². The summed E-state index contributed by atoms with van der Waals surface area (Å²) in [7, 11) is 0. The molecule has 2 aliphatic heterocycles. The van der Waals surface area contributed by atoms with Gasteiger partial charge in [-0.3, -0.25) is 4.79 Å². The molecule has 8 heteroatoms. The molecule has 5 rings (SSSR count). The molecule has 0 radical (unpaired) electrons. The first-order valence-electron chi connectivity index (χ1n) is 9.74. The maximum atomic E-state index is 13.3. The Balaban J connectivity index is 1.54. The minimum Gasteiger partial charge on any atom is -0.493 e. The molecule has 0 saturated carbocycles. The van der Waals surface area contributed by atoms with Gasteiger partial charge in [-0.05, 0) is 35.2 Å². The summed E-state index contributed by atoms with van der Waals surface area (Å²) in [4.78, 5) is 27.7. The molecular weight excluding hydrogens is 424 g/mol. The number of hydrogen-bond acceptors (Lipinski definition) is 4. The van der Waals surface area contributed by atoms with E-state index in [9.17, 15) is 14.7 Å². The SMILES string of the molecule is O=C(O)N1CCN2C(=O)c3cc(Cl)c(-c4cccc5sccc45)cc3OCC[C@H]2C1. The van der Waals surface area contributed by atoms with Crippen LogP contribution in [0.1, 0.15) is 16.8 Å². The fourth-order valence-corrected chi connectivity index (χ4v) is 5.36. The van der Waals surface area contributed by atoms with Crippen molar-refractivity contribution in [2.75, 3.05) is 26.2 Å². The molecule has 154 valence electrons. The van der Waals surface area contributed by atoms with Gasteiger partial charge in [0.25, 0.3) is 5.91 Å². The van der Waals surface area contributed by atoms with Crippen LogP contribution in [0.4, 0.5) is 4.79 Å². The van der Waals surface area contributed by atoms with E-state index in [1.165, 1.54) is 9.60 Å². The molecule has 1 atom stereocenters. The molecule has 0 bridgehead atoms. The van der Waals surface area contributed by atoms with Crippen molar-refractivity contribution < 1.29 is 19.4 Å². The van der Waals surface area contributed by atoms with Gasteiger partial charge in [-0.2, -0.15) is 0 Å². The Morgan fingerprint density at radius 3 is 2.87 bits per heavy atom. The lowest BCUT2D eigenvalue weighted by Crippen LogP contribution is -2.57. The van der Waals surface area contributed by atoms with E-state index in [0.29, 0.717) is 49.0 Å². The molecule has 1 aromatic heterocycles. The van der Waals surface area contributed by atoms with E-state index >= 15 is 0 Å². The average molecular weight is 443 g/mol. The van der Waals surface area contributed by atoms with Gasteiger partial charge < -0.3 is 19.6 Å². The van der Waals surface area contributed by atoms with Gasteiger partial charge in [-0.15, -0.1) is 11.3 Å². The van der Waals surface area contributed by atoms with Gasteiger partial charge in [0.05, 0.1) is 18.2 Å². The zero-order valence-corrected chi connectivity index (χ0v) is 17.6. The summed E-state index contributed by atoms with van der Waals surface area (Å²) >= 11 is 8.32. The first-order chi connectivity index (χ1) is 14.5. The number of amides is 2. The van der Waals surface area contributed by atoms with Gasteiger partial charge in [-0.1, -0.05) is 23.7 Å². The van der Waals surface area contributed by atoms with Gasteiger partial charge in [0.15, 0.2) is 0 Å². The second-order valence-electron chi connectivity index (χ2n) is 7.48. The summed E-state index contributed by atoms with van der Waals surface area (Å²) in [5.74, 6) is 0.354. The fraction of sp³-hybridized carbons (Fsp3) is 0.273. The van der Waals surface area contributed by atoms with E-state index in [1.54, 1.807) is 22.3 Å². The first kappa shape index (κ1) is 19.2. The second-order valence-corrected chi connectivity index (χ2v) is 8.84. The van der Waals surface area contributed by atoms with Crippen LogP contribution in [0.25, 0.3) is 21.2 Å². The average Bonchev–Trinajstić information content (AvgIpc) is 3.22. The van der Waals surface area contributed by atoms with Gasteiger partial charge in [0.1, 0.15) is 5.75 Å². The Morgan fingerprint density at radius 1 is 1.17 bits per heavy atom. The Morgan fingerprint density at radius 2 is 2.03 bits per heavy atom. The maximum absolute atomic E-state index is 13.3. The molecule has 2 aliphatic rings. The molecule has 30 heavy (non-hydrogen) atoms. The third-order valence-corrected chi connectivity index (χ3v) is 7.00. The quantitative estimate of drug-likeness (QED) is 0.587. The Hall–Kier alpha value is -2.77. The molecule has 1 saturated heterocycles. The Labute approximate surface area is 182 Å². The number of piperazine rings is 1. The summed E-state index contributed by atoms with van der Waals surface area (Å²) in [6, 6.07) is 11.5. The van der Waals surface area contributed by atoms with E-state index in [4.69, 9.17) is 16.3 Å². The lowest BCUT2D eigenvalue weighted by molar-refractivity contribution is 0.0374. The Bertz CT molecular complexity index is 1160. The summed E-state index contributed by atoms with van der Waals surface area (Å²) in [6.07, 6.45) is -0.381. The molecular formula is C22H19ClN2O4S. The van der Waals surface area contributed by atoms with Gasteiger partial charge >= 0.3 is 6.09 Å². The normalized spacial score (nSPS) is 19.0. The molecule has 0 unspecified atom stereocenters. The Kier molecular flexibility index (Phi) is 4.79. The number of benzene rings is 2. The van der Waals surface area contributed by atoms with Crippen LogP contribution in [0.5, 0.6) is 5.75 Å². The van der Waals surface area contributed by atoms with Gasteiger partial charge in [0.2, 0.25) is 0 Å². The number of halogens is 1. The maximum Gasteiger partial charge on any atom is 0.407 e. The lowest BCUT2D eigenvalue weighted by atomic mass is 9.98. The molecule has 3 heterocycles. The van der Waals surface area contributed by atoms with Crippen LogP contribution in [-0.4, -0.2) is 59.2 Å². The van der Waals surface area contributed by atoms with E-state index < -0.39 is 6.09 Å². The number of carbonyl (C=O) groups is 2. The highest BCUT2D eigenvalue weighted by molar-refractivity contribution is 7.17. The van der Waals surface area contributed by atoms with E-state index in [0.717, 1.165) is 16.5 Å². The molecule has 3 aromatic rings. The molecule has 1 N–H and O–H groups in total. The molecule has 0 spiro atoms. The first-order valence-corrected chi connectivity index (χ1v) is 11.0. The number of thiophene rings is 1. The molecule has 2 aromatic carbocycles. The molecule has 6 nitrogen and oxygen atoms in total. The summed E-state index contributed by atoms with van der Waals surface area (Å²) in [5, 5.41) is 12.9. The van der Waals surface area contributed by atoms with Crippen molar-refractivity contribution in [2.45, 2.75) is 12.5 Å². The number of carbonyl (C=O) groups excluding carboxylic acids is 1. The number of fused-ring (bicyclic) bond motifs is 3. The highest BCUT2D eigenvalue weighted by Gasteiger charge is 2.35. The third kappa shape index (κ3) is 3.18. The fourth-order valence-electron chi connectivity index (χ4n) is 4.28. The van der Waals surface area contributed by atoms with E-state index in [1.807, 2.05) is 23.6 Å². The summed E-state index contributed by atoms with van der Waals surface area (Å²) < 4.78 is 7.16. The van der Waals surface area contributed by atoms with Crippen LogP contribution < -0.4 is 4.74 Å². The van der Waals surface area contributed by atoms with Crippen molar-refractivity contribution in [3.05, 3.63) is 52.4 Å². The predicted molar refractivity (Wildman–Crippen MR) is 117 cm³/mol. The number of rotatable bonds is 1. The number of ether oxygens (including phenoxy) is 1. The molecule has 0 aliphatic carbocycles. The smallest absolute Gasteiger partial charge is 0.407 e. The summed E-state index contributed by atoms with van der Waals surface area (Å²) in [6.45, 7) is 1.37. The zero-order chi connectivity index (χ0) is 20.8. The van der Waals surface area contributed by atoms with Crippen molar-refractivity contribution in [3.63, 3.8) is 0 Å². The van der Waals surface area contributed by atoms with Crippen LogP contribution in [0, 0.1) is 0 Å². The minimum atomic E-state index is -0.958. The van der Waals surface area contributed by atoms with Crippen molar-refractivity contribution in [3.8, 4) is 16.9 Å². The predicted octanol–water partition coefficient (Wildman–Crippen LogP) is 4.81. The van der Waals surface area contributed by atoms with Crippen molar-refractivity contribution in [1.82, 2.24) is 9.80 Å². The highest BCUT2D eigenvalue weighted by Crippen LogP contribution is 2.40. The van der Waals surface area contributed by atoms with Crippen LogP contribution in [0.15, 0.2) is 41.8 Å². The van der Waals surface area contributed by atoms with Crippen LogP contribution in [0.3, 0.4) is 0 Å². The molecule has 2 amide bonds. The van der Waals surface area contributed by atoms with Crippen LogP contribution in [0.2, 0.25) is 5.02 Å². The lowest BCUT2D eigenvalue weighted by Gasteiger charge is -2.41. The van der Waals surface area contributed by atoms with Crippen LogP contribution in [-0.2, 0) is 0 Å². The zero-order valence-electron chi connectivity index (χ0n) is 16.0. The van der Waals surface area contributed by atoms with Crippen molar-refractivity contribution >= 4 is 45.0 Å². The molecule has 1 fully saturated rings. The minimum absolute atomic E-state index is 0.165. The number of carboxylic acid groups (broad SMARTS) is 1. The number of nitrogens with zero attached hydrogens (tertiary/aromatic N) is 2. The number of hydrogen-bond donors (Lipinski definition) is 1. The highest BCUT2D eigenvalue weighted by atomic mass is 35.5. The standard InChI is InChI=1S/C22H19ClN2O4S/c23-18-10-17-19(11-16(18)14-2-1-3-20-15(14)5-9-30-20)29-8-4-13-12-24(22(27)28)6-7-25(13)21(17)26/h1-3,5,9-11,13H,4,6-8,12H2,(H,27,28)/t13-/m0/s1. The van der Waals surface area contributed by atoms with Gasteiger partial charge in [0, 0.05) is 46.7 Å². The van der Waals surface area contributed by atoms with E-state index in [-0.39, 0.29) is 11.9 Å². The third-order valence-electron chi connectivity index (χ3n) is 5.81. The van der Waals surface area contributed by atoms with Gasteiger partial charge in [-0.25, -0.2) is 4.79 Å². The monoisotopic (exact) mass is 442 g/mol. The topological polar surface area (TPSA) is 70.1 Å². The largest absolute Gasteiger partial charge is 0.493 e. The van der Waals surface area contributed by atoms with Crippen LogP contribution >= 0.6 is 22.9 Å². The second kappa shape index (κ2) is 7.49. The summed E-state index contributed by atoms with van der Waals surface area (Å²) in [5.41, 5.74) is 2.27. The van der Waals surface area contributed by atoms with E-state index in [2.05, 4.69) is 12.1 Å². The van der Waals surface area contributed by atoms with Crippen molar-refractivity contribution in [2.24, 2.45) is 0 Å².